The number of benzene rings is 1. The molecule has 0 aliphatic rings. The Bertz CT molecular complexity index is 641. The van der Waals surface area contributed by atoms with Crippen molar-refractivity contribution in [2.45, 2.75) is 46.7 Å². The molecular weight excluding hydrogens is 389 g/mol. The molecule has 0 unspecified atom stereocenters. The standard InChI is InChI=1S/C17H25N3O.HI/c1-6-18-16(20-17(3,4)5)19-11-15-12(2)13-9-7-8-10-14(13)21-15;/h7-10H,6,11H2,1-5H3,(H2,18,19,20);1H. The minimum atomic E-state index is -0.0239. The van der Waals surface area contributed by atoms with Crippen LogP contribution in [-0.2, 0) is 6.54 Å². The number of hydrogen-bond donors (Lipinski definition) is 2. The average Bonchev–Trinajstić information content (AvgIpc) is 2.72. The van der Waals surface area contributed by atoms with Crippen LogP contribution < -0.4 is 10.6 Å². The minimum Gasteiger partial charge on any atom is -0.459 e. The van der Waals surface area contributed by atoms with Crippen molar-refractivity contribution < 1.29 is 4.42 Å². The van der Waals surface area contributed by atoms with Crippen molar-refractivity contribution >= 4 is 40.9 Å². The Balaban J connectivity index is 0.00000242. The summed E-state index contributed by atoms with van der Waals surface area (Å²) in [5.41, 5.74) is 2.07. The number of nitrogens with one attached hydrogen (secondary N) is 2. The van der Waals surface area contributed by atoms with Crippen LogP contribution in [-0.4, -0.2) is 18.0 Å². The van der Waals surface area contributed by atoms with Gasteiger partial charge in [-0.25, -0.2) is 4.99 Å². The first-order valence-corrected chi connectivity index (χ1v) is 7.44. The fourth-order valence-electron chi connectivity index (χ4n) is 2.19. The summed E-state index contributed by atoms with van der Waals surface area (Å²) in [6.07, 6.45) is 0. The van der Waals surface area contributed by atoms with Gasteiger partial charge in [-0.3, -0.25) is 0 Å². The summed E-state index contributed by atoms with van der Waals surface area (Å²) in [6, 6.07) is 8.10. The van der Waals surface area contributed by atoms with Gasteiger partial charge in [0.2, 0.25) is 0 Å². The van der Waals surface area contributed by atoms with E-state index in [2.05, 4.69) is 56.3 Å². The molecule has 0 saturated heterocycles. The summed E-state index contributed by atoms with van der Waals surface area (Å²) < 4.78 is 5.89. The molecule has 122 valence electrons. The molecule has 0 amide bonds. The van der Waals surface area contributed by atoms with Gasteiger partial charge < -0.3 is 15.1 Å². The van der Waals surface area contributed by atoms with Crippen molar-refractivity contribution in [1.82, 2.24) is 10.6 Å². The Kier molecular flexibility index (Phi) is 6.71. The van der Waals surface area contributed by atoms with Crippen molar-refractivity contribution in [1.29, 1.82) is 0 Å². The molecule has 0 aliphatic carbocycles. The minimum absolute atomic E-state index is 0. The van der Waals surface area contributed by atoms with Gasteiger partial charge in [0.25, 0.3) is 0 Å². The lowest BCUT2D eigenvalue weighted by Gasteiger charge is -2.23. The number of aliphatic imine (C=N–C) groups is 1. The SMILES string of the molecule is CCNC(=NCc1oc2ccccc2c1C)NC(C)(C)C.I. The van der Waals surface area contributed by atoms with Crippen LogP contribution in [0.3, 0.4) is 0 Å². The van der Waals surface area contributed by atoms with E-state index >= 15 is 0 Å². The van der Waals surface area contributed by atoms with E-state index in [0.717, 1.165) is 29.2 Å². The van der Waals surface area contributed by atoms with Crippen molar-refractivity contribution in [3.8, 4) is 0 Å². The van der Waals surface area contributed by atoms with Crippen molar-refractivity contribution in [2.75, 3.05) is 6.54 Å². The van der Waals surface area contributed by atoms with Gasteiger partial charge in [0, 0.05) is 23.0 Å². The molecule has 1 heterocycles. The van der Waals surface area contributed by atoms with Crippen molar-refractivity contribution in [2.24, 2.45) is 4.99 Å². The molecular formula is C17H26IN3O. The second-order valence-electron chi connectivity index (χ2n) is 6.22. The Morgan fingerprint density at radius 1 is 1.23 bits per heavy atom. The smallest absolute Gasteiger partial charge is 0.192 e. The first kappa shape index (κ1) is 18.8. The maximum Gasteiger partial charge on any atom is 0.192 e. The van der Waals surface area contributed by atoms with E-state index in [0.29, 0.717) is 6.54 Å². The molecule has 5 heteroatoms. The van der Waals surface area contributed by atoms with Crippen LogP contribution in [0, 0.1) is 6.92 Å². The molecule has 0 fully saturated rings. The van der Waals surface area contributed by atoms with Crippen LogP contribution in [0.15, 0.2) is 33.7 Å². The number of aryl methyl sites for hydroxylation is 1. The quantitative estimate of drug-likeness (QED) is 0.449. The highest BCUT2D eigenvalue weighted by Gasteiger charge is 2.13. The molecule has 2 N–H and O–H groups in total. The van der Waals surface area contributed by atoms with Crippen LogP contribution in [0.2, 0.25) is 0 Å². The zero-order valence-electron chi connectivity index (χ0n) is 14.0. The van der Waals surface area contributed by atoms with Crippen LogP contribution in [0.25, 0.3) is 11.0 Å². The summed E-state index contributed by atoms with van der Waals surface area (Å²) in [5.74, 6) is 1.73. The van der Waals surface area contributed by atoms with E-state index < -0.39 is 0 Å². The predicted octanol–water partition coefficient (Wildman–Crippen LogP) is 4.21. The van der Waals surface area contributed by atoms with Gasteiger partial charge in [-0.2, -0.15) is 0 Å². The molecule has 4 nitrogen and oxygen atoms in total. The highest BCUT2D eigenvalue weighted by atomic mass is 127. The lowest BCUT2D eigenvalue weighted by Crippen LogP contribution is -2.47. The number of guanidine groups is 1. The van der Waals surface area contributed by atoms with E-state index in [1.807, 2.05) is 18.2 Å². The van der Waals surface area contributed by atoms with Gasteiger partial charge in [-0.05, 0) is 40.7 Å². The second kappa shape index (κ2) is 7.85. The topological polar surface area (TPSA) is 49.6 Å². The van der Waals surface area contributed by atoms with Gasteiger partial charge >= 0.3 is 0 Å². The number of rotatable bonds is 3. The number of nitrogens with zero attached hydrogens (tertiary/aromatic N) is 1. The largest absolute Gasteiger partial charge is 0.459 e. The Labute approximate surface area is 149 Å². The molecule has 0 aliphatic heterocycles. The first-order valence-electron chi connectivity index (χ1n) is 7.44. The molecule has 2 aromatic rings. The van der Waals surface area contributed by atoms with Crippen LogP contribution in [0.4, 0.5) is 0 Å². The number of hydrogen-bond acceptors (Lipinski definition) is 2. The van der Waals surface area contributed by atoms with E-state index in [1.165, 1.54) is 5.56 Å². The monoisotopic (exact) mass is 415 g/mol. The first-order chi connectivity index (χ1) is 9.90. The lowest BCUT2D eigenvalue weighted by molar-refractivity contribution is 0.498. The number of furan rings is 1. The summed E-state index contributed by atoms with van der Waals surface area (Å²) >= 11 is 0. The van der Waals surface area contributed by atoms with Crippen molar-refractivity contribution in [3.63, 3.8) is 0 Å². The summed E-state index contributed by atoms with van der Waals surface area (Å²) in [4.78, 5) is 4.63. The Morgan fingerprint density at radius 2 is 1.91 bits per heavy atom. The van der Waals surface area contributed by atoms with Crippen LogP contribution >= 0.6 is 24.0 Å². The molecule has 0 atom stereocenters. The highest BCUT2D eigenvalue weighted by Crippen LogP contribution is 2.25. The molecule has 22 heavy (non-hydrogen) atoms. The molecule has 0 bridgehead atoms. The zero-order chi connectivity index (χ0) is 15.5. The number of fused-ring (bicyclic) bond motifs is 1. The van der Waals surface area contributed by atoms with Crippen LogP contribution in [0.5, 0.6) is 0 Å². The van der Waals surface area contributed by atoms with Gasteiger partial charge in [0.1, 0.15) is 17.9 Å². The predicted molar refractivity (Wildman–Crippen MR) is 104 cm³/mol. The fourth-order valence-corrected chi connectivity index (χ4v) is 2.19. The summed E-state index contributed by atoms with van der Waals surface area (Å²) in [6.45, 7) is 11.9. The molecule has 0 saturated carbocycles. The van der Waals surface area contributed by atoms with Crippen LogP contribution in [0.1, 0.15) is 39.0 Å². The average molecular weight is 415 g/mol. The number of para-hydroxylation sites is 1. The molecule has 0 spiro atoms. The molecule has 1 aromatic heterocycles. The fraction of sp³-hybridized carbons (Fsp3) is 0.471. The third-order valence-corrected chi connectivity index (χ3v) is 3.16. The van der Waals surface area contributed by atoms with Crippen molar-refractivity contribution in [3.05, 3.63) is 35.6 Å². The second-order valence-corrected chi connectivity index (χ2v) is 6.22. The summed E-state index contributed by atoms with van der Waals surface area (Å²) in [5, 5.41) is 7.80. The Hall–Kier alpha value is -1.24. The normalized spacial score (nSPS) is 12.1. The van der Waals surface area contributed by atoms with Gasteiger partial charge in [-0.15, -0.1) is 24.0 Å². The number of halogens is 1. The van der Waals surface area contributed by atoms with E-state index in [1.54, 1.807) is 0 Å². The maximum atomic E-state index is 5.89. The maximum absolute atomic E-state index is 5.89. The third-order valence-electron chi connectivity index (χ3n) is 3.16. The molecule has 0 radical (unpaired) electrons. The highest BCUT2D eigenvalue weighted by molar-refractivity contribution is 14.0. The van der Waals surface area contributed by atoms with E-state index in [9.17, 15) is 0 Å². The van der Waals surface area contributed by atoms with Gasteiger partial charge in [-0.1, -0.05) is 18.2 Å². The van der Waals surface area contributed by atoms with Gasteiger partial charge in [0.05, 0.1) is 0 Å². The lowest BCUT2D eigenvalue weighted by atomic mass is 10.1. The molecule has 1 aromatic carbocycles. The van der Waals surface area contributed by atoms with Gasteiger partial charge in [0.15, 0.2) is 5.96 Å². The third kappa shape index (κ3) is 4.90. The van der Waals surface area contributed by atoms with E-state index in [-0.39, 0.29) is 29.5 Å². The zero-order valence-corrected chi connectivity index (χ0v) is 16.3. The van der Waals surface area contributed by atoms with E-state index in [4.69, 9.17) is 4.42 Å². The molecule has 2 rings (SSSR count). The Morgan fingerprint density at radius 3 is 2.50 bits per heavy atom. The summed E-state index contributed by atoms with van der Waals surface area (Å²) in [7, 11) is 0.